The molecule has 0 aliphatic heterocycles. The van der Waals surface area contributed by atoms with Gasteiger partial charge in [-0.1, -0.05) is 0 Å². The summed E-state index contributed by atoms with van der Waals surface area (Å²) >= 11 is 2.16. The number of fused-ring (bicyclic) bond motifs is 1. The predicted molar refractivity (Wildman–Crippen MR) is 58.0 cm³/mol. The Morgan fingerprint density at radius 3 is 2.92 bits per heavy atom. The number of benzene rings is 1. The Morgan fingerprint density at radius 1 is 1.46 bits per heavy atom. The van der Waals surface area contributed by atoms with Crippen LogP contribution in [-0.2, 0) is 0 Å². The summed E-state index contributed by atoms with van der Waals surface area (Å²) in [7, 11) is 0. The van der Waals surface area contributed by atoms with E-state index in [0.29, 0.717) is 5.56 Å². The lowest BCUT2D eigenvalue weighted by atomic mass is 10.2. The van der Waals surface area contributed by atoms with Crippen LogP contribution in [0.15, 0.2) is 24.4 Å². The monoisotopic (exact) mass is 287 g/mol. The minimum Gasteiger partial charge on any atom is -0.478 e. The minimum atomic E-state index is -0.895. The molecule has 0 aliphatic rings. The van der Waals surface area contributed by atoms with Gasteiger partial charge in [-0.3, -0.25) is 0 Å². The predicted octanol–water partition coefficient (Wildman–Crippen LogP) is 2.47. The second kappa shape index (κ2) is 3.02. The Morgan fingerprint density at radius 2 is 2.23 bits per heavy atom. The van der Waals surface area contributed by atoms with Crippen molar-refractivity contribution in [2.24, 2.45) is 0 Å². The van der Waals surface area contributed by atoms with Gasteiger partial charge < -0.3 is 10.1 Å². The van der Waals surface area contributed by atoms with Gasteiger partial charge in [0, 0.05) is 20.7 Å². The normalized spacial score (nSPS) is 10.5. The maximum Gasteiger partial charge on any atom is 0.337 e. The maximum atomic E-state index is 10.8. The van der Waals surface area contributed by atoms with E-state index in [0.717, 1.165) is 14.5 Å². The Labute approximate surface area is 87.9 Å². The number of aromatic amines is 1. The fourth-order valence-corrected chi connectivity index (χ4v) is 1.76. The van der Waals surface area contributed by atoms with Gasteiger partial charge in [0.25, 0.3) is 0 Å². The fraction of sp³-hybridized carbons (Fsp3) is 0. The van der Waals surface area contributed by atoms with Crippen molar-refractivity contribution < 1.29 is 9.90 Å². The molecule has 0 saturated heterocycles. The topological polar surface area (TPSA) is 53.1 Å². The van der Waals surface area contributed by atoms with Crippen molar-refractivity contribution in [2.75, 3.05) is 0 Å². The van der Waals surface area contributed by atoms with E-state index < -0.39 is 5.97 Å². The first kappa shape index (κ1) is 8.55. The van der Waals surface area contributed by atoms with Crippen LogP contribution in [0.1, 0.15) is 10.4 Å². The summed E-state index contributed by atoms with van der Waals surface area (Å²) in [6.45, 7) is 0. The van der Waals surface area contributed by atoms with Crippen molar-refractivity contribution >= 4 is 39.5 Å². The molecule has 0 bridgehead atoms. The van der Waals surface area contributed by atoms with Crippen LogP contribution in [0.25, 0.3) is 10.9 Å². The molecular weight excluding hydrogens is 281 g/mol. The zero-order valence-electron chi connectivity index (χ0n) is 6.54. The lowest BCUT2D eigenvalue weighted by Gasteiger charge is -1.93. The van der Waals surface area contributed by atoms with Crippen LogP contribution in [0.2, 0.25) is 0 Å². The van der Waals surface area contributed by atoms with Crippen molar-refractivity contribution in [2.45, 2.75) is 0 Å². The third-order valence-corrected chi connectivity index (χ3v) is 2.55. The molecule has 4 heteroatoms. The first-order chi connectivity index (χ1) is 6.18. The number of aromatic nitrogens is 1. The van der Waals surface area contributed by atoms with Gasteiger partial charge in [0.15, 0.2) is 0 Å². The van der Waals surface area contributed by atoms with Crippen LogP contribution >= 0.6 is 22.6 Å². The number of carboxylic acids is 1. The van der Waals surface area contributed by atoms with Gasteiger partial charge in [-0.05, 0) is 40.8 Å². The van der Waals surface area contributed by atoms with Crippen LogP contribution in [-0.4, -0.2) is 16.1 Å². The highest BCUT2D eigenvalue weighted by molar-refractivity contribution is 14.1. The van der Waals surface area contributed by atoms with E-state index in [1.165, 1.54) is 6.20 Å². The molecular formula is C9H6INO2. The van der Waals surface area contributed by atoms with Gasteiger partial charge in [-0.25, -0.2) is 4.79 Å². The zero-order chi connectivity index (χ0) is 9.42. The molecule has 2 N–H and O–H groups in total. The molecule has 3 nitrogen and oxygen atoms in total. The van der Waals surface area contributed by atoms with Crippen LogP contribution in [0.4, 0.5) is 0 Å². The summed E-state index contributed by atoms with van der Waals surface area (Å²) in [6, 6.07) is 5.67. The average molecular weight is 287 g/mol. The number of halogens is 1. The molecule has 0 atom stereocenters. The van der Waals surface area contributed by atoms with Crippen molar-refractivity contribution in [1.82, 2.24) is 4.98 Å². The quantitative estimate of drug-likeness (QED) is 0.792. The van der Waals surface area contributed by atoms with E-state index in [9.17, 15) is 4.79 Å². The number of nitrogens with one attached hydrogen (secondary N) is 1. The Balaban J connectivity index is 2.79. The molecule has 0 aliphatic carbocycles. The van der Waals surface area contributed by atoms with Crippen molar-refractivity contribution in [3.63, 3.8) is 0 Å². The highest BCUT2D eigenvalue weighted by Gasteiger charge is 2.09. The number of hydrogen-bond donors (Lipinski definition) is 2. The Hall–Kier alpha value is -1.04. The second-order valence-corrected chi connectivity index (χ2v) is 3.94. The molecule has 0 radical (unpaired) electrons. The summed E-state index contributed by atoms with van der Waals surface area (Å²) in [5.41, 5.74) is 1.19. The molecule has 0 spiro atoms. The summed E-state index contributed by atoms with van der Waals surface area (Å²) in [5, 5.41) is 9.60. The molecule has 13 heavy (non-hydrogen) atoms. The van der Waals surface area contributed by atoms with Crippen LogP contribution < -0.4 is 0 Å². The fourth-order valence-electron chi connectivity index (χ4n) is 1.27. The molecule has 1 heterocycles. The summed E-state index contributed by atoms with van der Waals surface area (Å²) in [6.07, 6.45) is 1.52. The van der Waals surface area contributed by atoms with E-state index in [2.05, 4.69) is 27.6 Å². The van der Waals surface area contributed by atoms with E-state index in [1.807, 2.05) is 18.2 Å². The summed E-state index contributed by atoms with van der Waals surface area (Å²) < 4.78 is 1.03. The van der Waals surface area contributed by atoms with Crippen molar-refractivity contribution in [3.05, 3.63) is 33.5 Å². The standard InChI is InChI=1S/C9H6INO2/c10-5-1-2-8-6(3-5)7(4-11-8)9(12)13/h1-4,11H,(H,12,13). The molecule has 0 amide bonds. The van der Waals surface area contributed by atoms with Crippen LogP contribution in [0.5, 0.6) is 0 Å². The molecule has 0 fully saturated rings. The maximum absolute atomic E-state index is 10.8. The van der Waals surface area contributed by atoms with E-state index in [4.69, 9.17) is 5.11 Å². The van der Waals surface area contributed by atoms with E-state index >= 15 is 0 Å². The Bertz CT molecular complexity index is 475. The molecule has 0 saturated carbocycles. The Kier molecular flexibility index (Phi) is 1.99. The number of carbonyl (C=O) groups is 1. The van der Waals surface area contributed by atoms with Crippen molar-refractivity contribution in [1.29, 1.82) is 0 Å². The molecule has 2 rings (SSSR count). The number of rotatable bonds is 1. The third-order valence-electron chi connectivity index (χ3n) is 1.87. The highest BCUT2D eigenvalue weighted by atomic mass is 127. The lowest BCUT2D eigenvalue weighted by molar-refractivity contribution is 0.0699. The van der Waals surface area contributed by atoms with Gasteiger partial charge in [0.05, 0.1) is 5.56 Å². The lowest BCUT2D eigenvalue weighted by Crippen LogP contribution is -1.93. The zero-order valence-corrected chi connectivity index (χ0v) is 8.70. The van der Waals surface area contributed by atoms with Crippen LogP contribution in [0.3, 0.4) is 0 Å². The molecule has 0 unspecified atom stereocenters. The van der Waals surface area contributed by atoms with E-state index in [-0.39, 0.29) is 0 Å². The largest absolute Gasteiger partial charge is 0.478 e. The average Bonchev–Trinajstić information content (AvgIpc) is 2.46. The minimum absolute atomic E-state index is 0.327. The molecule has 66 valence electrons. The van der Waals surface area contributed by atoms with Gasteiger partial charge >= 0.3 is 5.97 Å². The molecule has 1 aromatic heterocycles. The first-order valence-electron chi connectivity index (χ1n) is 3.68. The van der Waals surface area contributed by atoms with E-state index in [1.54, 1.807) is 0 Å². The number of aromatic carboxylic acids is 1. The summed E-state index contributed by atoms with van der Waals surface area (Å²) in [4.78, 5) is 13.7. The number of hydrogen-bond acceptors (Lipinski definition) is 1. The smallest absolute Gasteiger partial charge is 0.337 e. The second-order valence-electron chi connectivity index (χ2n) is 2.70. The van der Waals surface area contributed by atoms with Gasteiger partial charge in [-0.15, -0.1) is 0 Å². The first-order valence-corrected chi connectivity index (χ1v) is 4.76. The van der Waals surface area contributed by atoms with Gasteiger partial charge in [-0.2, -0.15) is 0 Å². The number of carboxylic acid groups (broad SMARTS) is 1. The van der Waals surface area contributed by atoms with Gasteiger partial charge in [0.2, 0.25) is 0 Å². The van der Waals surface area contributed by atoms with Gasteiger partial charge in [0.1, 0.15) is 0 Å². The summed E-state index contributed by atoms with van der Waals surface area (Å²) in [5.74, 6) is -0.895. The number of H-pyrrole nitrogens is 1. The third kappa shape index (κ3) is 1.41. The van der Waals surface area contributed by atoms with Crippen LogP contribution in [0, 0.1) is 3.57 Å². The molecule has 1 aromatic carbocycles. The van der Waals surface area contributed by atoms with Crippen molar-refractivity contribution in [3.8, 4) is 0 Å². The SMILES string of the molecule is O=C(O)c1c[nH]c2ccc(I)cc12. The highest BCUT2D eigenvalue weighted by Crippen LogP contribution is 2.20. The molecule has 2 aromatic rings.